The van der Waals surface area contributed by atoms with Gasteiger partial charge in [0.25, 0.3) is 15.9 Å². The first-order valence-corrected chi connectivity index (χ1v) is 13.6. The number of nitrogens with zero attached hydrogens (tertiary/aromatic N) is 1. The van der Waals surface area contributed by atoms with Gasteiger partial charge < -0.3 is 10.1 Å². The fourth-order valence-corrected chi connectivity index (χ4v) is 5.41. The Labute approximate surface area is 209 Å². The Hall–Kier alpha value is -3.12. The summed E-state index contributed by atoms with van der Waals surface area (Å²) in [5, 5.41) is 2.62. The summed E-state index contributed by atoms with van der Waals surface area (Å²) >= 11 is 6.09. The van der Waals surface area contributed by atoms with Crippen molar-refractivity contribution in [3.63, 3.8) is 0 Å². The molecule has 0 saturated heterocycles. The fraction of sp³-hybridized carbons (Fsp3) is 0.174. The zero-order valence-corrected chi connectivity index (χ0v) is 21.3. The number of halogens is 1. The molecule has 35 heavy (non-hydrogen) atoms. The minimum Gasteiger partial charge on any atom is -0.492 e. The highest BCUT2D eigenvalue weighted by Gasteiger charge is 2.20. The van der Waals surface area contributed by atoms with Gasteiger partial charge in [0.15, 0.2) is 0 Å². The molecule has 0 unspecified atom stereocenters. The van der Waals surface area contributed by atoms with Crippen LogP contribution in [-0.4, -0.2) is 54.3 Å². The quantitative estimate of drug-likeness (QED) is 0.383. The monoisotopic (exact) mass is 537 g/mol. The Morgan fingerprint density at radius 2 is 1.60 bits per heavy atom. The van der Waals surface area contributed by atoms with Gasteiger partial charge >= 0.3 is 0 Å². The average molecular weight is 538 g/mol. The van der Waals surface area contributed by atoms with E-state index in [-0.39, 0.29) is 33.5 Å². The predicted octanol–water partition coefficient (Wildman–Crippen LogP) is 3.20. The van der Waals surface area contributed by atoms with Crippen LogP contribution in [0.5, 0.6) is 5.75 Å². The number of benzene rings is 3. The molecule has 0 aliphatic heterocycles. The Kier molecular flexibility index (Phi) is 8.39. The second kappa shape index (κ2) is 11.1. The summed E-state index contributed by atoms with van der Waals surface area (Å²) in [7, 11) is -4.65. The Morgan fingerprint density at radius 3 is 2.23 bits per heavy atom. The number of ether oxygens (including phenoxy) is 1. The minimum absolute atomic E-state index is 0.0203. The number of carbonyl (C=O) groups excluding carboxylic acids is 1. The lowest BCUT2D eigenvalue weighted by atomic mass is 10.2. The van der Waals surface area contributed by atoms with Crippen molar-refractivity contribution in [2.24, 2.45) is 0 Å². The first-order valence-electron chi connectivity index (χ1n) is 10.3. The van der Waals surface area contributed by atoms with Crippen LogP contribution in [0, 0.1) is 0 Å². The van der Waals surface area contributed by atoms with Crippen molar-refractivity contribution in [1.29, 1.82) is 0 Å². The molecule has 12 heteroatoms. The number of hydrogen-bond acceptors (Lipinski definition) is 6. The van der Waals surface area contributed by atoms with Crippen molar-refractivity contribution >= 4 is 43.2 Å². The van der Waals surface area contributed by atoms with Gasteiger partial charge in [-0.2, -0.15) is 0 Å². The van der Waals surface area contributed by atoms with E-state index in [1.165, 1.54) is 56.6 Å². The first kappa shape index (κ1) is 26.5. The molecule has 0 bridgehead atoms. The second-order valence-corrected chi connectivity index (χ2v) is 11.7. The molecule has 0 heterocycles. The molecule has 0 atom stereocenters. The van der Waals surface area contributed by atoms with E-state index in [0.717, 1.165) is 4.31 Å². The maximum Gasteiger partial charge on any atom is 0.263 e. The van der Waals surface area contributed by atoms with E-state index < -0.39 is 26.0 Å². The lowest BCUT2D eigenvalue weighted by Crippen LogP contribution is -2.28. The Bertz CT molecular complexity index is 1390. The zero-order chi connectivity index (χ0) is 25.6. The molecule has 3 aromatic rings. The van der Waals surface area contributed by atoms with Crippen molar-refractivity contribution in [3.8, 4) is 5.75 Å². The summed E-state index contributed by atoms with van der Waals surface area (Å²) in [6, 6.07) is 18.2. The number of hydrogen-bond donors (Lipinski definition) is 2. The van der Waals surface area contributed by atoms with Crippen molar-refractivity contribution in [2.75, 3.05) is 32.0 Å². The van der Waals surface area contributed by atoms with Gasteiger partial charge in [-0.1, -0.05) is 29.8 Å². The molecule has 3 rings (SSSR count). The summed E-state index contributed by atoms with van der Waals surface area (Å²) in [5.74, 6) is -0.0716. The molecule has 3 aromatic carbocycles. The lowest BCUT2D eigenvalue weighted by molar-refractivity contribution is 0.0946. The number of sulfonamides is 2. The zero-order valence-electron chi connectivity index (χ0n) is 18.9. The predicted molar refractivity (Wildman–Crippen MR) is 134 cm³/mol. The average Bonchev–Trinajstić information content (AvgIpc) is 2.82. The summed E-state index contributed by atoms with van der Waals surface area (Å²) in [5.41, 5.74) is 0.476. The minimum atomic E-state index is -4.01. The van der Waals surface area contributed by atoms with Crippen molar-refractivity contribution in [3.05, 3.63) is 83.4 Å². The van der Waals surface area contributed by atoms with Crippen molar-refractivity contribution < 1.29 is 26.4 Å². The highest BCUT2D eigenvalue weighted by atomic mass is 35.5. The van der Waals surface area contributed by atoms with Crippen LogP contribution in [0.1, 0.15) is 10.4 Å². The number of amides is 1. The molecule has 0 aliphatic carbocycles. The second-order valence-electron chi connectivity index (χ2n) is 7.48. The molecule has 0 aliphatic rings. The van der Waals surface area contributed by atoms with E-state index in [0.29, 0.717) is 11.4 Å². The van der Waals surface area contributed by atoms with E-state index >= 15 is 0 Å². The van der Waals surface area contributed by atoms with Crippen molar-refractivity contribution in [2.45, 2.75) is 9.79 Å². The fourth-order valence-electron chi connectivity index (χ4n) is 2.92. The third kappa shape index (κ3) is 6.73. The largest absolute Gasteiger partial charge is 0.492 e. The number of nitrogens with one attached hydrogen (secondary N) is 2. The van der Waals surface area contributed by atoms with Gasteiger partial charge in [-0.3, -0.25) is 9.52 Å². The molecule has 9 nitrogen and oxygen atoms in total. The highest BCUT2D eigenvalue weighted by molar-refractivity contribution is 7.92. The molecule has 0 fully saturated rings. The van der Waals surface area contributed by atoms with E-state index in [2.05, 4.69) is 10.0 Å². The summed E-state index contributed by atoms with van der Waals surface area (Å²) in [6.07, 6.45) is 0. The number of para-hydroxylation sites is 1. The normalized spacial score (nSPS) is 11.8. The van der Waals surface area contributed by atoms with Crippen LogP contribution in [0.15, 0.2) is 82.6 Å². The molecular weight excluding hydrogens is 514 g/mol. The van der Waals surface area contributed by atoms with Gasteiger partial charge in [-0.05, 0) is 54.6 Å². The maximum absolute atomic E-state index is 12.8. The summed E-state index contributed by atoms with van der Waals surface area (Å²) < 4.78 is 58.8. The third-order valence-electron chi connectivity index (χ3n) is 4.77. The molecule has 2 N–H and O–H groups in total. The Balaban J connectivity index is 1.59. The summed E-state index contributed by atoms with van der Waals surface area (Å²) in [4.78, 5) is 12.4. The van der Waals surface area contributed by atoms with Crippen LogP contribution in [0.25, 0.3) is 0 Å². The van der Waals surface area contributed by atoms with Crippen molar-refractivity contribution in [1.82, 2.24) is 9.62 Å². The maximum atomic E-state index is 12.8. The number of carbonyl (C=O) groups is 1. The molecule has 1 amide bonds. The van der Waals surface area contributed by atoms with Crippen LogP contribution < -0.4 is 14.8 Å². The van der Waals surface area contributed by atoms with Gasteiger partial charge in [0.1, 0.15) is 17.3 Å². The molecule has 0 radical (unpaired) electrons. The number of anilines is 1. The number of rotatable bonds is 10. The Morgan fingerprint density at radius 1 is 0.943 bits per heavy atom. The summed E-state index contributed by atoms with van der Waals surface area (Å²) in [6.45, 7) is 0.239. The van der Waals surface area contributed by atoms with Gasteiger partial charge in [0.2, 0.25) is 10.0 Å². The van der Waals surface area contributed by atoms with Crippen LogP contribution in [0.3, 0.4) is 0 Å². The first-order chi connectivity index (χ1) is 16.5. The molecule has 186 valence electrons. The topological polar surface area (TPSA) is 122 Å². The standard InChI is InChI=1S/C23H24ClN3O6S2/c1-27(2)35(31,32)20-11-9-19(10-12-20)33-15-14-25-23(28)17-8-13-21(24)22(16-17)34(29,30)26-18-6-4-3-5-7-18/h3-13,16,26H,14-15H2,1-2H3,(H,25,28). The van der Waals surface area contributed by atoms with Gasteiger partial charge in [0, 0.05) is 25.3 Å². The lowest BCUT2D eigenvalue weighted by Gasteiger charge is -2.13. The van der Waals surface area contributed by atoms with E-state index in [4.69, 9.17) is 16.3 Å². The highest BCUT2D eigenvalue weighted by Crippen LogP contribution is 2.25. The van der Waals surface area contributed by atoms with Gasteiger partial charge in [-0.15, -0.1) is 0 Å². The van der Waals surface area contributed by atoms with Crippen LogP contribution in [-0.2, 0) is 20.0 Å². The SMILES string of the molecule is CN(C)S(=O)(=O)c1ccc(OCCNC(=O)c2ccc(Cl)c(S(=O)(=O)Nc3ccccc3)c2)cc1. The third-order valence-corrected chi connectivity index (χ3v) is 8.46. The van der Waals surface area contributed by atoms with E-state index in [1.54, 1.807) is 30.3 Å². The van der Waals surface area contributed by atoms with Crippen LogP contribution in [0.2, 0.25) is 5.02 Å². The molecule has 0 aromatic heterocycles. The molecular formula is C23H24ClN3O6S2. The van der Waals surface area contributed by atoms with Crippen LogP contribution >= 0.6 is 11.6 Å². The van der Waals surface area contributed by atoms with Gasteiger partial charge in [-0.25, -0.2) is 21.1 Å². The van der Waals surface area contributed by atoms with Crippen LogP contribution in [0.4, 0.5) is 5.69 Å². The van der Waals surface area contributed by atoms with Gasteiger partial charge in [0.05, 0.1) is 16.5 Å². The van der Waals surface area contributed by atoms with E-state index in [1.807, 2.05) is 0 Å². The molecule has 0 saturated carbocycles. The van der Waals surface area contributed by atoms with E-state index in [9.17, 15) is 21.6 Å². The smallest absolute Gasteiger partial charge is 0.263 e. The molecule has 0 spiro atoms.